The summed E-state index contributed by atoms with van der Waals surface area (Å²) < 4.78 is 5.34. The number of carbonyl (C=O) groups is 1. The number of amides is 1. The molecule has 2 aromatic carbocycles. The summed E-state index contributed by atoms with van der Waals surface area (Å²) in [5, 5.41) is 2.76. The topological polar surface area (TPSA) is 55.1 Å². The van der Waals surface area contributed by atoms with Crippen LogP contribution in [-0.4, -0.2) is 10.9 Å². The van der Waals surface area contributed by atoms with Gasteiger partial charge in [0.25, 0.3) is 5.91 Å². The Labute approximate surface area is 116 Å². The van der Waals surface area contributed by atoms with Gasteiger partial charge in [0.05, 0.1) is 0 Å². The van der Waals surface area contributed by atoms with Crippen molar-refractivity contribution in [2.45, 2.75) is 0 Å². The summed E-state index contributed by atoms with van der Waals surface area (Å²) in [6.45, 7) is 0. The number of carbonyl (C=O) groups excluding carboxylic acids is 1. The van der Waals surface area contributed by atoms with Gasteiger partial charge in [-0.25, -0.2) is 4.98 Å². The molecule has 4 nitrogen and oxygen atoms in total. The monoisotopic (exact) mass is 264 g/mol. The molecule has 0 saturated heterocycles. The van der Waals surface area contributed by atoms with Crippen molar-refractivity contribution in [3.8, 4) is 11.5 Å². The van der Waals surface area contributed by atoms with Crippen molar-refractivity contribution in [1.82, 2.24) is 4.98 Å². The Bertz CT molecular complexity index is 706. The highest BCUT2D eigenvalue weighted by Crippen LogP contribution is 2.18. The summed E-state index contributed by atoms with van der Waals surface area (Å²) in [5.74, 6) is 0.144. The molecule has 3 rings (SSSR count). The molecule has 0 aliphatic carbocycles. The zero-order valence-electron chi connectivity index (χ0n) is 10.6. The predicted molar refractivity (Wildman–Crippen MR) is 76.3 cm³/mol. The quantitative estimate of drug-likeness (QED) is 0.786. The van der Waals surface area contributed by atoms with E-state index < -0.39 is 0 Å². The van der Waals surface area contributed by atoms with Crippen molar-refractivity contribution in [2.75, 3.05) is 5.32 Å². The van der Waals surface area contributed by atoms with E-state index in [1.807, 2.05) is 60.7 Å². The Balaban J connectivity index is 1.79. The highest BCUT2D eigenvalue weighted by Gasteiger charge is 2.13. The molecule has 0 atom stereocenters. The van der Waals surface area contributed by atoms with Crippen molar-refractivity contribution in [2.24, 2.45) is 0 Å². The third kappa shape index (κ3) is 2.59. The molecular formula is C16H12N2O2. The molecule has 3 aromatic rings. The van der Waals surface area contributed by atoms with Crippen LogP contribution in [0.15, 0.2) is 71.3 Å². The summed E-state index contributed by atoms with van der Waals surface area (Å²) in [6, 6.07) is 18.7. The van der Waals surface area contributed by atoms with Crippen LogP contribution in [0.25, 0.3) is 11.5 Å². The van der Waals surface area contributed by atoms with Crippen LogP contribution in [0, 0.1) is 0 Å². The lowest BCUT2D eigenvalue weighted by Crippen LogP contribution is -2.12. The van der Waals surface area contributed by atoms with Crippen LogP contribution < -0.4 is 5.32 Å². The number of nitrogens with zero attached hydrogens (tertiary/aromatic N) is 1. The summed E-state index contributed by atoms with van der Waals surface area (Å²) in [6.07, 6.45) is 1.36. The van der Waals surface area contributed by atoms with Gasteiger partial charge in [-0.05, 0) is 24.3 Å². The minimum absolute atomic E-state index is 0.257. The number of nitrogens with one attached hydrogen (secondary N) is 1. The first-order valence-electron chi connectivity index (χ1n) is 6.20. The molecule has 0 radical (unpaired) electrons. The highest BCUT2D eigenvalue weighted by molar-refractivity contribution is 6.02. The Hall–Kier alpha value is -2.88. The van der Waals surface area contributed by atoms with E-state index in [-0.39, 0.29) is 11.6 Å². The highest BCUT2D eigenvalue weighted by atomic mass is 16.3. The van der Waals surface area contributed by atoms with E-state index in [4.69, 9.17) is 4.42 Å². The number of rotatable bonds is 3. The van der Waals surface area contributed by atoms with E-state index in [2.05, 4.69) is 10.3 Å². The second-order valence-corrected chi connectivity index (χ2v) is 4.22. The normalized spacial score (nSPS) is 10.2. The zero-order chi connectivity index (χ0) is 13.8. The molecule has 0 fully saturated rings. The van der Waals surface area contributed by atoms with Gasteiger partial charge in [-0.15, -0.1) is 0 Å². The van der Waals surface area contributed by atoms with E-state index in [9.17, 15) is 4.79 Å². The maximum atomic E-state index is 12.0. The minimum atomic E-state index is -0.290. The van der Waals surface area contributed by atoms with Gasteiger partial charge >= 0.3 is 0 Å². The molecule has 98 valence electrons. The number of para-hydroxylation sites is 1. The van der Waals surface area contributed by atoms with Crippen molar-refractivity contribution in [3.05, 3.63) is 72.6 Å². The third-order valence-corrected chi connectivity index (χ3v) is 2.79. The van der Waals surface area contributed by atoms with E-state index in [0.29, 0.717) is 5.89 Å². The average molecular weight is 264 g/mol. The van der Waals surface area contributed by atoms with Gasteiger partial charge in [0, 0.05) is 11.3 Å². The van der Waals surface area contributed by atoms with Crippen molar-refractivity contribution in [1.29, 1.82) is 0 Å². The summed E-state index contributed by atoms with van der Waals surface area (Å²) in [7, 11) is 0. The Morgan fingerprint density at radius 3 is 2.30 bits per heavy atom. The van der Waals surface area contributed by atoms with Crippen LogP contribution in [-0.2, 0) is 0 Å². The summed E-state index contributed by atoms with van der Waals surface area (Å²) in [4.78, 5) is 16.2. The van der Waals surface area contributed by atoms with Gasteiger partial charge in [-0.3, -0.25) is 4.79 Å². The van der Waals surface area contributed by atoms with Gasteiger partial charge in [-0.1, -0.05) is 36.4 Å². The number of hydrogen-bond acceptors (Lipinski definition) is 3. The summed E-state index contributed by atoms with van der Waals surface area (Å²) in [5.41, 5.74) is 1.82. The molecule has 0 aliphatic heterocycles. The van der Waals surface area contributed by atoms with Crippen molar-refractivity contribution < 1.29 is 9.21 Å². The SMILES string of the molecule is O=C(Nc1ccccc1)c1coc(-c2ccccc2)n1. The van der Waals surface area contributed by atoms with Crippen molar-refractivity contribution in [3.63, 3.8) is 0 Å². The van der Waals surface area contributed by atoms with Crippen LogP contribution in [0.1, 0.15) is 10.5 Å². The number of aromatic nitrogens is 1. The smallest absolute Gasteiger partial charge is 0.277 e. The van der Waals surface area contributed by atoms with Gasteiger partial charge in [-0.2, -0.15) is 0 Å². The number of hydrogen-bond donors (Lipinski definition) is 1. The Morgan fingerprint density at radius 2 is 1.60 bits per heavy atom. The van der Waals surface area contributed by atoms with E-state index >= 15 is 0 Å². The number of anilines is 1. The molecule has 4 heteroatoms. The molecule has 0 unspecified atom stereocenters. The fourth-order valence-electron chi connectivity index (χ4n) is 1.81. The second kappa shape index (κ2) is 5.40. The van der Waals surface area contributed by atoms with Gasteiger partial charge in [0.1, 0.15) is 6.26 Å². The number of benzene rings is 2. The third-order valence-electron chi connectivity index (χ3n) is 2.79. The molecule has 0 spiro atoms. The van der Waals surface area contributed by atoms with E-state index in [1.165, 1.54) is 6.26 Å². The lowest BCUT2D eigenvalue weighted by Gasteiger charge is -2.01. The second-order valence-electron chi connectivity index (χ2n) is 4.22. The lowest BCUT2D eigenvalue weighted by atomic mass is 10.2. The first-order chi connectivity index (χ1) is 9.83. The molecule has 20 heavy (non-hydrogen) atoms. The van der Waals surface area contributed by atoms with Gasteiger partial charge in [0.15, 0.2) is 5.69 Å². The van der Waals surface area contributed by atoms with Crippen LogP contribution in [0.5, 0.6) is 0 Å². The van der Waals surface area contributed by atoms with Crippen LogP contribution >= 0.6 is 0 Å². The molecule has 1 heterocycles. The molecule has 0 saturated carbocycles. The predicted octanol–water partition coefficient (Wildman–Crippen LogP) is 3.59. The zero-order valence-corrected chi connectivity index (χ0v) is 10.6. The maximum Gasteiger partial charge on any atom is 0.277 e. The fraction of sp³-hybridized carbons (Fsp3) is 0. The first kappa shape index (κ1) is 12.2. The van der Waals surface area contributed by atoms with E-state index in [0.717, 1.165) is 11.3 Å². The first-order valence-corrected chi connectivity index (χ1v) is 6.20. The largest absolute Gasteiger partial charge is 0.444 e. The van der Waals surface area contributed by atoms with Crippen LogP contribution in [0.3, 0.4) is 0 Å². The average Bonchev–Trinajstić information content (AvgIpc) is 2.99. The van der Waals surface area contributed by atoms with Crippen molar-refractivity contribution >= 4 is 11.6 Å². The Morgan fingerprint density at radius 1 is 0.950 bits per heavy atom. The molecule has 1 aromatic heterocycles. The Kier molecular flexibility index (Phi) is 3.29. The molecule has 0 bridgehead atoms. The van der Waals surface area contributed by atoms with Crippen LogP contribution in [0.2, 0.25) is 0 Å². The van der Waals surface area contributed by atoms with E-state index in [1.54, 1.807) is 0 Å². The van der Waals surface area contributed by atoms with Gasteiger partial charge < -0.3 is 9.73 Å². The number of oxazole rings is 1. The molecule has 0 aliphatic rings. The lowest BCUT2D eigenvalue weighted by molar-refractivity contribution is 0.102. The molecule has 1 N–H and O–H groups in total. The van der Waals surface area contributed by atoms with Crippen LogP contribution in [0.4, 0.5) is 5.69 Å². The minimum Gasteiger partial charge on any atom is -0.444 e. The molecule has 1 amide bonds. The fourth-order valence-corrected chi connectivity index (χ4v) is 1.81. The summed E-state index contributed by atoms with van der Waals surface area (Å²) >= 11 is 0. The van der Waals surface area contributed by atoms with Gasteiger partial charge in [0.2, 0.25) is 5.89 Å². The maximum absolute atomic E-state index is 12.0. The molecular weight excluding hydrogens is 252 g/mol. The standard InChI is InChI=1S/C16H12N2O2/c19-15(17-13-9-5-2-6-10-13)14-11-20-16(18-14)12-7-3-1-4-8-12/h1-11H,(H,17,19).